The van der Waals surface area contributed by atoms with Crippen molar-refractivity contribution >= 4 is 32.3 Å². The van der Waals surface area contributed by atoms with Gasteiger partial charge in [0.25, 0.3) is 5.56 Å². The van der Waals surface area contributed by atoms with Crippen molar-refractivity contribution in [3.63, 3.8) is 0 Å². The number of fused-ring (bicyclic) bond motifs is 2. The maximum absolute atomic E-state index is 13.2. The first-order valence-electron chi connectivity index (χ1n) is 11.1. The average molecular weight is 433 g/mol. The normalized spacial score (nSPS) is 19.4. The molecule has 160 valence electrons. The van der Waals surface area contributed by atoms with E-state index in [0.717, 1.165) is 33.1 Å². The molecule has 31 heavy (non-hydrogen) atoms. The molecule has 0 N–H and O–H groups in total. The molecule has 5 rings (SSSR count). The predicted octanol–water partition coefficient (Wildman–Crippen LogP) is 6.54. The minimum atomic E-state index is -0.0347. The van der Waals surface area contributed by atoms with Crippen LogP contribution in [0.25, 0.3) is 26.7 Å². The number of methoxy groups -OCH3 is 1. The van der Waals surface area contributed by atoms with E-state index in [4.69, 9.17) is 9.72 Å². The summed E-state index contributed by atoms with van der Waals surface area (Å²) in [5.41, 5.74) is 1.69. The highest BCUT2D eigenvalue weighted by Gasteiger charge is 2.26. The first-order valence-corrected chi connectivity index (χ1v) is 12.0. The third kappa shape index (κ3) is 3.65. The van der Waals surface area contributed by atoms with Crippen LogP contribution in [0.3, 0.4) is 0 Å². The van der Waals surface area contributed by atoms with Crippen LogP contribution in [0.15, 0.2) is 53.5 Å². The Bertz CT molecular complexity index is 1300. The van der Waals surface area contributed by atoms with Crippen LogP contribution in [0, 0.1) is 11.8 Å². The third-order valence-electron chi connectivity index (χ3n) is 6.84. The van der Waals surface area contributed by atoms with Crippen LogP contribution >= 0.6 is 11.3 Å². The number of thiazole rings is 1. The molecular weight excluding hydrogens is 404 g/mol. The summed E-state index contributed by atoms with van der Waals surface area (Å²) in [5.74, 6) is 2.83. The fraction of sp³-hybridized carbons (Fsp3) is 0.385. The summed E-state index contributed by atoms with van der Waals surface area (Å²) >= 11 is 1.77. The molecule has 0 radical (unpaired) electrons. The Morgan fingerprint density at radius 3 is 2.61 bits per heavy atom. The van der Waals surface area contributed by atoms with Crippen LogP contribution in [0.4, 0.5) is 0 Å². The fourth-order valence-corrected chi connectivity index (χ4v) is 6.05. The highest BCUT2D eigenvalue weighted by atomic mass is 32.1. The van der Waals surface area contributed by atoms with E-state index in [2.05, 4.69) is 19.9 Å². The average Bonchev–Trinajstić information content (AvgIpc) is 3.22. The molecule has 4 aromatic rings. The van der Waals surface area contributed by atoms with E-state index in [-0.39, 0.29) is 5.56 Å². The fourth-order valence-electron chi connectivity index (χ4n) is 4.90. The van der Waals surface area contributed by atoms with Crippen molar-refractivity contribution in [1.82, 2.24) is 9.55 Å². The minimum Gasteiger partial charge on any atom is -0.494 e. The largest absolute Gasteiger partial charge is 0.494 e. The standard InChI is InChI=1S/C26H28N2O2S/c1-16(2)17-8-10-19(11-9-17)25-27-21-14-23(30-3)22(15-24(21)31-25)28-13-12-18-6-4-5-7-20(18)26(28)29/h4-7,12-17,19H,8-11H2,1-3H3. The Morgan fingerprint density at radius 1 is 1.10 bits per heavy atom. The van der Waals surface area contributed by atoms with E-state index in [1.165, 1.54) is 30.7 Å². The van der Waals surface area contributed by atoms with Gasteiger partial charge < -0.3 is 4.74 Å². The second-order valence-corrected chi connectivity index (χ2v) is 10.0. The number of hydrogen-bond acceptors (Lipinski definition) is 4. The Labute approximate surface area is 186 Å². The SMILES string of the molecule is COc1cc2nc(C3CCC(C(C)C)CC3)sc2cc1-n1ccc2ccccc2c1=O. The van der Waals surface area contributed by atoms with Gasteiger partial charge in [-0.2, -0.15) is 0 Å². The molecule has 4 nitrogen and oxygen atoms in total. The quantitative estimate of drug-likeness (QED) is 0.368. The number of nitrogens with zero attached hydrogens (tertiary/aromatic N) is 2. The molecule has 0 saturated heterocycles. The Hall–Kier alpha value is -2.66. The van der Waals surface area contributed by atoms with E-state index in [1.807, 2.05) is 42.6 Å². The first kappa shape index (κ1) is 20.3. The number of ether oxygens (including phenoxy) is 1. The highest BCUT2D eigenvalue weighted by Crippen LogP contribution is 2.42. The van der Waals surface area contributed by atoms with Crippen LogP contribution in [0.5, 0.6) is 5.75 Å². The van der Waals surface area contributed by atoms with Crippen molar-refractivity contribution in [3.8, 4) is 11.4 Å². The number of benzene rings is 2. The number of hydrogen-bond donors (Lipinski definition) is 0. The summed E-state index contributed by atoms with van der Waals surface area (Å²) in [4.78, 5) is 18.1. The smallest absolute Gasteiger partial charge is 0.263 e. The van der Waals surface area contributed by atoms with Gasteiger partial charge in [0.15, 0.2) is 0 Å². The molecule has 2 aromatic heterocycles. The molecule has 0 amide bonds. The lowest BCUT2D eigenvalue weighted by Gasteiger charge is -2.29. The molecule has 0 unspecified atom stereocenters. The molecule has 1 aliphatic carbocycles. The van der Waals surface area contributed by atoms with Crippen molar-refractivity contribution in [1.29, 1.82) is 0 Å². The van der Waals surface area contributed by atoms with E-state index in [1.54, 1.807) is 23.0 Å². The summed E-state index contributed by atoms with van der Waals surface area (Å²) < 4.78 is 8.47. The Balaban J connectivity index is 1.55. The minimum absolute atomic E-state index is 0.0347. The van der Waals surface area contributed by atoms with Gasteiger partial charge in [-0.1, -0.05) is 32.0 Å². The van der Waals surface area contributed by atoms with Gasteiger partial charge in [0.05, 0.1) is 28.0 Å². The topological polar surface area (TPSA) is 44.1 Å². The van der Waals surface area contributed by atoms with Gasteiger partial charge in [-0.3, -0.25) is 9.36 Å². The van der Waals surface area contributed by atoms with E-state index >= 15 is 0 Å². The molecule has 1 fully saturated rings. The third-order valence-corrected chi connectivity index (χ3v) is 8.02. The van der Waals surface area contributed by atoms with Gasteiger partial charge in [-0.25, -0.2) is 4.98 Å². The highest BCUT2D eigenvalue weighted by molar-refractivity contribution is 7.18. The summed E-state index contributed by atoms with van der Waals surface area (Å²) in [6.07, 6.45) is 6.86. The first-order chi connectivity index (χ1) is 15.0. The molecule has 0 aliphatic heterocycles. The zero-order valence-electron chi connectivity index (χ0n) is 18.3. The maximum atomic E-state index is 13.2. The lowest BCUT2D eigenvalue weighted by molar-refractivity contribution is 0.259. The molecule has 0 bridgehead atoms. The molecule has 2 aromatic carbocycles. The number of aromatic nitrogens is 2. The van der Waals surface area contributed by atoms with Crippen molar-refractivity contribution in [2.75, 3.05) is 7.11 Å². The monoisotopic (exact) mass is 432 g/mol. The molecule has 0 spiro atoms. The van der Waals surface area contributed by atoms with Crippen LogP contribution in [0.1, 0.15) is 50.5 Å². The van der Waals surface area contributed by atoms with E-state index in [0.29, 0.717) is 17.1 Å². The van der Waals surface area contributed by atoms with Gasteiger partial charge in [-0.05, 0) is 61.1 Å². The molecule has 2 heterocycles. The second kappa shape index (κ2) is 8.12. The number of pyridine rings is 1. The summed E-state index contributed by atoms with van der Waals surface area (Å²) in [7, 11) is 1.65. The van der Waals surface area contributed by atoms with Gasteiger partial charge >= 0.3 is 0 Å². The lowest BCUT2D eigenvalue weighted by Crippen LogP contribution is -2.18. The van der Waals surface area contributed by atoms with Crippen molar-refractivity contribution in [2.24, 2.45) is 11.8 Å². The summed E-state index contributed by atoms with van der Waals surface area (Å²) in [6, 6.07) is 13.7. The predicted molar refractivity (Wildman–Crippen MR) is 129 cm³/mol. The lowest BCUT2D eigenvalue weighted by atomic mass is 9.77. The van der Waals surface area contributed by atoms with E-state index in [9.17, 15) is 4.79 Å². The molecule has 1 aliphatic rings. The van der Waals surface area contributed by atoms with Crippen LogP contribution in [-0.2, 0) is 0 Å². The van der Waals surface area contributed by atoms with Gasteiger partial charge in [0.1, 0.15) is 5.75 Å². The summed E-state index contributed by atoms with van der Waals surface area (Å²) in [5, 5.41) is 2.88. The van der Waals surface area contributed by atoms with Crippen molar-refractivity contribution in [3.05, 3.63) is 64.0 Å². The van der Waals surface area contributed by atoms with Crippen LogP contribution in [0.2, 0.25) is 0 Å². The Morgan fingerprint density at radius 2 is 1.87 bits per heavy atom. The number of rotatable bonds is 4. The Kier molecular flexibility index (Phi) is 5.30. The molecule has 0 atom stereocenters. The van der Waals surface area contributed by atoms with Gasteiger partial charge in [-0.15, -0.1) is 11.3 Å². The van der Waals surface area contributed by atoms with Crippen LogP contribution in [-0.4, -0.2) is 16.7 Å². The zero-order chi connectivity index (χ0) is 21.5. The van der Waals surface area contributed by atoms with Gasteiger partial charge in [0, 0.05) is 23.6 Å². The molecule has 1 saturated carbocycles. The van der Waals surface area contributed by atoms with Crippen LogP contribution < -0.4 is 10.3 Å². The van der Waals surface area contributed by atoms with Crippen molar-refractivity contribution < 1.29 is 4.74 Å². The van der Waals surface area contributed by atoms with E-state index < -0.39 is 0 Å². The summed E-state index contributed by atoms with van der Waals surface area (Å²) in [6.45, 7) is 4.68. The molecular formula is C26H28N2O2S. The maximum Gasteiger partial charge on any atom is 0.263 e. The second-order valence-electron chi connectivity index (χ2n) is 8.98. The zero-order valence-corrected chi connectivity index (χ0v) is 19.1. The molecule has 5 heteroatoms. The van der Waals surface area contributed by atoms with Gasteiger partial charge in [0.2, 0.25) is 0 Å². The van der Waals surface area contributed by atoms with Crippen molar-refractivity contribution in [2.45, 2.75) is 45.4 Å².